The Bertz CT molecular complexity index is 2000. The number of alkyl halides is 2. The van der Waals surface area contributed by atoms with Crippen molar-refractivity contribution in [1.82, 2.24) is 5.06 Å². The van der Waals surface area contributed by atoms with E-state index in [0.717, 1.165) is 11.6 Å². The van der Waals surface area contributed by atoms with E-state index in [9.17, 15) is 42.7 Å². The number of hydrogen-bond donors (Lipinski definition) is 2. The molecule has 2 aliphatic heterocycles. The molecule has 1 saturated carbocycles. The second-order valence-electron chi connectivity index (χ2n) is 12.2. The maximum absolute atomic E-state index is 15.1. The molecule has 254 valence electrons. The molecule has 16 heteroatoms. The molecule has 2 saturated heterocycles. The molecule has 2 N–H and O–H groups in total. The molecule has 9 nitrogen and oxygen atoms in total. The summed E-state index contributed by atoms with van der Waals surface area (Å²) in [4.78, 5) is 48.4. The van der Waals surface area contributed by atoms with E-state index in [2.05, 4.69) is 0 Å². The van der Waals surface area contributed by atoms with Crippen molar-refractivity contribution in [3.63, 3.8) is 0 Å². The second kappa shape index (κ2) is 11.3. The van der Waals surface area contributed by atoms with Gasteiger partial charge >= 0.3 is 0 Å². The monoisotopic (exact) mass is 722 g/mol. The van der Waals surface area contributed by atoms with Crippen LogP contribution >= 0.6 is 23.2 Å². The van der Waals surface area contributed by atoms with Gasteiger partial charge in [0.1, 0.15) is 23.8 Å². The SMILES string of the molecule is O=C1[C@H]2[C@H](CC=C3[C@H]2C[C@@]2(Cl)C(=O)N(c4c(F)c(F)c(F)c(F)c4F)C(=O)[C@@]2(Cl)[C@H]3c2ccc(OCc3ccccc3)cc2O)C(=O)N1O. The van der Waals surface area contributed by atoms with Crippen LogP contribution in [0.1, 0.15) is 29.9 Å². The van der Waals surface area contributed by atoms with Gasteiger partial charge in [-0.05, 0) is 30.4 Å². The standard InChI is InChI=1S/C33H21Cl2F5N2O7/c34-32-11-18-15(8-9-17-20(18)29(45)42(48)28(17)44)21(16-7-6-14(10-19(16)43)49-12-13-4-2-1-3-5-13)33(32,35)31(47)41(30(32)46)27-25(39)23(37)22(36)24(38)26(27)40/h1-8,10,17-18,20-21,43,48H,9,11-12H2/t17-,18+,20-,21+,32+,33-/m0/s1. The van der Waals surface area contributed by atoms with E-state index in [-0.39, 0.29) is 39.9 Å². The lowest BCUT2D eigenvalue weighted by molar-refractivity contribution is -0.173. The van der Waals surface area contributed by atoms with Gasteiger partial charge in [-0.25, -0.2) is 26.9 Å². The third-order valence-electron chi connectivity index (χ3n) is 9.76. The number of benzene rings is 3. The first-order valence-corrected chi connectivity index (χ1v) is 15.4. The van der Waals surface area contributed by atoms with Crippen LogP contribution in [0.4, 0.5) is 27.6 Å². The summed E-state index contributed by atoms with van der Waals surface area (Å²) in [6, 6.07) is 12.8. The molecule has 49 heavy (non-hydrogen) atoms. The van der Waals surface area contributed by atoms with Crippen molar-refractivity contribution in [1.29, 1.82) is 0 Å². The number of hydrogen-bond acceptors (Lipinski definition) is 7. The molecule has 7 rings (SSSR count). The molecule has 0 aromatic heterocycles. The van der Waals surface area contributed by atoms with Crippen molar-refractivity contribution in [2.45, 2.75) is 35.1 Å². The summed E-state index contributed by atoms with van der Waals surface area (Å²) in [6.45, 7) is 0.0846. The fourth-order valence-electron chi connectivity index (χ4n) is 7.49. The maximum atomic E-state index is 15.1. The highest BCUT2D eigenvalue weighted by Gasteiger charge is 2.77. The molecule has 4 amide bonds. The normalized spacial score (nSPS) is 29.2. The minimum absolute atomic E-state index is 0.0797. The summed E-state index contributed by atoms with van der Waals surface area (Å²) in [6.07, 6.45) is 0.517. The number of carbonyl (C=O) groups is 4. The number of fused-ring (bicyclic) bond motifs is 4. The lowest BCUT2D eigenvalue weighted by Crippen LogP contribution is -2.60. The first-order chi connectivity index (χ1) is 23.1. The average molecular weight is 723 g/mol. The number of nitrogens with zero attached hydrogens (tertiary/aromatic N) is 2. The average Bonchev–Trinajstić information content (AvgIpc) is 3.40. The lowest BCUT2D eigenvalue weighted by Gasteiger charge is -2.50. The zero-order chi connectivity index (χ0) is 35.3. The summed E-state index contributed by atoms with van der Waals surface area (Å²) in [5, 5.41) is 21.5. The van der Waals surface area contributed by atoms with Crippen LogP contribution in [-0.2, 0) is 25.8 Å². The third-order valence-corrected chi connectivity index (χ3v) is 11.2. The van der Waals surface area contributed by atoms with Gasteiger partial charge in [0.2, 0.25) is 5.82 Å². The number of hydroxylamine groups is 2. The van der Waals surface area contributed by atoms with Gasteiger partial charge in [0.05, 0.1) is 11.8 Å². The van der Waals surface area contributed by atoms with Crippen molar-refractivity contribution in [2.75, 3.05) is 4.90 Å². The van der Waals surface area contributed by atoms with Crippen LogP contribution in [0.25, 0.3) is 0 Å². The van der Waals surface area contributed by atoms with E-state index < -0.39 is 104 Å². The van der Waals surface area contributed by atoms with Crippen molar-refractivity contribution in [3.8, 4) is 11.5 Å². The molecule has 3 aromatic rings. The summed E-state index contributed by atoms with van der Waals surface area (Å²) < 4.78 is 78.7. The molecule has 0 bridgehead atoms. The Morgan fingerprint density at radius 2 is 1.47 bits per heavy atom. The summed E-state index contributed by atoms with van der Waals surface area (Å²) in [5.74, 6) is -23.7. The van der Waals surface area contributed by atoms with Crippen molar-refractivity contribution >= 4 is 52.5 Å². The second-order valence-corrected chi connectivity index (χ2v) is 13.4. The lowest BCUT2D eigenvalue weighted by atomic mass is 9.56. The molecule has 3 fully saturated rings. The molecule has 2 aliphatic carbocycles. The van der Waals surface area contributed by atoms with E-state index in [1.807, 2.05) is 0 Å². The topological polar surface area (TPSA) is 124 Å². The minimum atomic E-state index is -2.81. The first kappa shape index (κ1) is 33.0. The fraction of sp³-hybridized carbons (Fsp3) is 0.273. The van der Waals surface area contributed by atoms with Crippen molar-refractivity contribution < 1.29 is 56.2 Å². The zero-order valence-electron chi connectivity index (χ0n) is 24.6. The Hall–Kier alpha value is -4.53. The van der Waals surface area contributed by atoms with Crippen LogP contribution in [0.2, 0.25) is 0 Å². The van der Waals surface area contributed by atoms with E-state index in [1.54, 1.807) is 30.3 Å². The van der Waals surface area contributed by atoms with Gasteiger partial charge in [0.15, 0.2) is 33.0 Å². The number of amides is 4. The smallest absolute Gasteiger partial charge is 0.258 e. The largest absolute Gasteiger partial charge is 0.508 e. The zero-order valence-corrected chi connectivity index (χ0v) is 26.1. The number of phenolic OH excluding ortho intramolecular Hbond substituents is 1. The molecule has 0 spiro atoms. The van der Waals surface area contributed by atoms with Crippen molar-refractivity contribution in [2.24, 2.45) is 17.8 Å². The van der Waals surface area contributed by atoms with Crippen LogP contribution in [0.5, 0.6) is 11.5 Å². The van der Waals surface area contributed by atoms with Gasteiger partial charge < -0.3 is 9.84 Å². The van der Waals surface area contributed by atoms with Crippen molar-refractivity contribution in [3.05, 3.63) is 100 Å². The molecule has 0 unspecified atom stereocenters. The molecule has 3 aromatic carbocycles. The summed E-state index contributed by atoms with van der Waals surface area (Å²) >= 11 is 14.0. The first-order valence-electron chi connectivity index (χ1n) is 14.7. The highest BCUT2D eigenvalue weighted by molar-refractivity contribution is 6.58. The number of allylic oxidation sites excluding steroid dienone is 2. The van der Waals surface area contributed by atoms with Crippen LogP contribution in [0, 0.1) is 46.8 Å². The quantitative estimate of drug-likeness (QED) is 0.0667. The Morgan fingerprint density at radius 1 is 0.837 bits per heavy atom. The van der Waals surface area contributed by atoms with Gasteiger partial charge in [-0.3, -0.25) is 24.4 Å². The number of aromatic hydroxyl groups is 1. The Morgan fingerprint density at radius 3 is 2.10 bits per heavy atom. The maximum Gasteiger partial charge on any atom is 0.258 e. The Balaban J connectivity index is 1.40. The molecule has 0 radical (unpaired) electrons. The Labute approximate surface area is 283 Å². The number of imide groups is 2. The predicted molar refractivity (Wildman–Crippen MR) is 159 cm³/mol. The number of halogens is 7. The number of phenols is 1. The number of ether oxygens (including phenoxy) is 1. The van der Waals surface area contributed by atoms with E-state index in [0.29, 0.717) is 0 Å². The van der Waals surface area contributed by atoms with Crippen LogP contribution < -0.4 is 9.64 Å². The summed E-state index contributed by atoms with van der Waals surface area (Å²) in [7, 11) is 0. The van der Waals surface area contributed by atoms with E-state index in [4.69, 9.17) is 27.9 Å². The number of anilines is 1. The van der Waals surface area contributed by atoms with Gasteiger partial charge in [0, 0.05) is 17.5 Å². The van der Waals surface area contributed by atoms with E-state index >= 15 is 8.78 Å². The van der Waals surface area contributed by atoms with Gasteiger partial charge in [0.25, 0.3) is 23.6 Å². The van der Waals surface area contributed by atoms with E-state index in [1.165, 1.54) is 18.2 Å². The minimum Gasteiger partial charge on any atom is -0.508 e. The molecule has 6 atom stereocenters. The number of rotatable bonds is 5. The molecular weight excluding hydrogens is 702 g/mol. The Kier molecular flexibility index (Phi) is 7.58. The van der Waals surface area contributed by atoms with Gasteiger partial charge in [-0.2, -0.15) is 5.06 Å². The van der Waals surface area contributed by atoms with Gasteiger partial charge in [-0.15, -0.1) is 23.2 Å². The van der Waals surface area contributed by atoms with Crippen LogP contribution in [0.15, 0.2) is 60.2 Å². The molecular formula is C33H21Cl2F5N2O7. The van der Waals surface area contributed by atoms with Crippen LogP contribution in [0.3, 0.4) is 0 Å². The molecule has 4 aliphatic rings. The number of carbonyl (C=O) groups excluding carboxylic acids is 4. The summed E-state index contributed by atoms with van der Waals surface area (Å²) in [5.41, 5.74) is -1.21. The van der Waals surface area contributed by atoms with Crippen LogP contribution in [-0.4, -0.2) is 48.8 Å². The highest BCUT2D eigenvalue weighted by atomic mass is 35.5. The molecule has 2 heterocycles. The third kappa shape index (κ3) is 4.39. The van der Waals surface area contributed by atoms with Gasteiger partial charge in [-0.1, -0.05) is 48.0 Å². The highest BCUT2D eigenvalue weighted by Crippen LogP contribution is 2.66. The fourth-order valence-corrected chi connectivity index (χ4v) is 8.42. The predicted octanol–water partition coefficient (Wildman–Crippen LogP) is 5.62.